The van der Waals surface area contributed by atoms with Gasteiger partial charge in [-0.3, -0.25) is 4.99 Å². The Kier molecular flexibility index (Phi) is 8.26. The van der Waals surface area contributed by atoms with Gasteiger partial charge in [0.25, 0.3) is 5.92 Å². The maximum absolute atomic E-state index is 13.9. The Hall–Kier alpha value is -2.07. The molecule has 0 aromatic heterocycles. The van der Waals surface area contributed by atoms with E-state index in [0.29, 0.717) is 6.61 Å². The van der Waals surface area contributed by atoms with Gasteiger partial charge in [-0.15, -0.1) is 0 Å². The van der Waals surface area contributed by atoms with Crippen molar-refractivity contribution in [2.45, 2.75) is 31.6 Å². The summed E-state index contributed by atoms with van der Waals surface area (Å²) in [5.74, 6) is -2.92. The molecule has 2 nitrogen and oxygen atoms in total. The number of aliphatic imine (C=N–C) groups is 1. The van der Waals surface area contributed by atoms with Gasteiger partial charge in [0, 0.05) is 24.9 Å². The van der Waals surface area contributed by atoms with Crippen LogP contribution in [0.5, 0.6) is 0 Å². The van der Waals surface area contributed by atoms with Gasteiger partial charge in [-0.1, -0.05) is 73.5 Å². The number of hydrogen-bond acceptors (Lipinski definition) is 2. The average molecular weight is 345 g/mol. The SMILES string of the molecule is FC(F)(COCCCCCC/N=C\c1ccccc1)c1ccccc1. The number of hydrogen-bond donors (Lipinski definition) is 0. The van der Waals surface area contributed by atoms with Crippen LogP contribution in [0, 0.1) is 0 Å². The number of unbranched alkanes of at least 4 members (excludes halogenated alkanes) is 3. The molecule has 0 aliphatic carbocycles. The van der Waals surface area contributed by atoms with Gasteiger partial charge in [0.15, 0.2) is 0 Å². The van der Waals surface area contributed by atoms with Crippen molar-refractivity contribution in [3.63, 3.8) is 0 Å². The maximum atomic E-state index is 13.9. The van der Waals surface area contributed by atoms with Gasteiger partial charge in [0.2, 0.25) is 0 Å². The van der Waals surface area contributed by atoms with Crippen molar-refractivity contribution in [1.29, 1.82) is 0 Å². The molecule has 0 N–H and O–H groups in total. The number of nitrogens with zero attached hydrogens (tertiary/aromatic N) is 1. The zero-order valence-corrected chi connectivity index (χ0v) is 14.4. The first-order valence-corrected chi connectivity index (χ1v) is 8.74. The number of alkyl halides is 2. The van der Waals surface area contributed by atoms with Gasteiger partial charge in [0.05, 0.1) is 0 Å². The first-order valence-electron chi connectivity index (χ1n) is 8.74. The lowest BCUT2D eigenvalue weighted by Gasteiger charge is -2.16. The summed E-state index contributed by atoms with van der Waals surface area (Å²) >= 11 is 0. The molecule has 0 atom stereocenters. The van der Waals surface area contributed by atoms with Crippen LogP contribution >= 0.6 is 0 Å². The third-order valence-electron chi connectivity index (χ3n) is 3.85. The Balaban J connectivity index is 1.49. The van der Waals surface area contributed by atoms with E-state index >= 15 is 0 Å². The normalized spacial score (nSPS) is 11.9. The van der Waals surface area contributed by atoms with Crippen LogP contribution < -0.4 is 0 Å². The predicted molar refractivity (Wildman–Crippen MR) is 98.5 cm³/mol. The summed E-state index contributed by atoms with van der Waals surface area (Å²) in [6.07, 6.45) is 5.69. The second-order valence-corrected chi connectivity index (χ2v) is 5.98. The Labute approximate surface area is 148 Å². The zero-order valence-electron chi connectivity index (χ0n) is 14.4. The van der Waals surface area contributed by atoms with Gasteiger partial charge in [-0.2, -0.15) is 8.78 Å². The fourth-order valence-electron chi connectivity index (χ4n) is 2.44. The van der Waals surface area contributed by atoms with Crippen LogP contribution in [0.25, 0.3) is 0 Å². The van der Waals surface area contributed by atoms with E-state index < -0.39 is 12.5 Å². The van der Waals surface area contributed by atoms with E-state index in [1.165, 1.54) is 12.1 Å². The Morgan fingerprint density at radius 1 is 0.840 bits per heavy atom. The first kappa shape index (κ1) is 19.3. The summed E-state index contributed by atoms with van der Waals surface area (Å²) in [5, 5.41) is 0. The van der Waals surface area contributed by atoms with Crippen LogP contribution in [0.15, 0.2) is 65.7 Å². The monoisotopic (exact) mass is 345 g/mol. The van der Waals surface area contributed by atoms with Crippen LogP contribution in [0.4, 0.5) is 8.78 Å². The molecule has 0 radical (unpaired) electrons. The molecular formula is C21H25F2NO. The first-order chi connectivity index (χ1) is 12.2. The lowest BCUT2D eigenvalue weighted by molar-refractivity contribution is -0.0831. The molecule has 2 aromatic rings. The molecule has 0 saturated carbocycles. The largest absolute Gasteiger partial charge is 0.375 e. The summed E-state index contributed by atoms with van der Waals surface area (Å²) in [5.41, 5.74) is 1.11. The topological polar surface area (TPSA) is 21.6 Å². The van der Waals surface area contributed by atoms with Crippen molar-refractivity contribution in [2.24, 2.45) is 4.99 Å². The molecule has 0 saturated heterocycles. The molecule has 0 aliphatic rings. The number of benzene rings is 2. The average Bonchev–Trinajstić information content (AvgIpc) is 2.65. The molecule has 25 heavy (non-hydrogen) atoms. The highest BCUT2D eigenvalue weighted by atomic mass is 19.3. The third kappa shape index (κ3) is 7.57. The fraction of sp³-hybridized carbons (Fsp3) is 0.381. The molecule has 0 amide bonds. The molecule has 134 valence electrons. The van der Waals surface area contributed by atoms with E-state index in [1.807, 2.05) is 36.5 Å². The lowest BCUT2D eigenvalue weighted by Crippen LogP contribution is -2.21. The summed E-state index contributed by atoms with van der Waals surface area (Å²) in [4.78, 5) is 4.39. The van der Waals surface area contributed by atoms with Gasteiger partial charge >= 0.3 is 0 Å². The quantitative estimate of drug-likeness (QED) is 0.391. The molecule has 2 aromatic carbocycles. The Bertz CT molecular complexity index is 614. The molecule has 0 bridgehead atoms. The molecule has 0 aliphatic heterocycles. The van der Waals surface area contributed by atoms with Crippen LogP contribution in [0.2, 0.25) is 0 Å². The summed E-state index contributed by atoms with van der Waals surface area (Å²) in [6.45, 7) is 0.607. The van der Waals surface area contributed by atoms with Crippen molar-refractivity contribution in [2.75, 3.05) is 19.8 Å². The number of halogens is 2. The van der Waals surface area contributed by atoms with Crippen molar-refractivity contribution in [1.82, 2.24) is 0 Å². The van der Waals surface area contributed by atoms with Gasteiger partial charge in [-0.25, -0.2) is 0 Å². The summed E-state index contributed by atoms with van der Waals surface area (Å²) < 4.78 is 32.9. The smallest absolute Gasteiger partial charge is 0.296 e. The second kappa shape index (κ2) is 10.7. The lowest BCUT2D eigenvalue weighted by atomic mass is 10.1. The minimum atomic E-state index is -2.92. The van der Waals surface area contributed by atoms with Crippen molar-refractivity contribution < 1.29 is 13.5 Å². The van der Waals surface area contributed by atoms with Crippen molar-refractivity contribution >= 4 is 6.21 Å². The highest BCUT2D eigenvalue weighted by molar-refractivity contribution is 5.79. The van der Waals surface area contributed by atoms with E-state index in [4.69, 9.17) is 4.74 Å². The van der Waals surface area contributed by atoms with Gasteiger partial charge in [0.1, 0.15) is 6.61 Å². The zero-order chi connectivity index (χ0) is 17.8. The van der Waals surface area contributed by atoms with Crippen LogP contribution in [0.3, 0.4) is 0 Å². The van der Waals surface area contributed by atoms with Crippen LogP contribution in [-0.2, 0) is 10.7 Å². The van der Waals surface area contributed by atoms with Crippen molar-refractivity contribution in [3.05, 3.63) is 71.8 Å². The van der Waals surface area contributed by atoms with E-state index in [9.17, 15) is 8.78 Å². The fourth-order valence-corrected chi connectivity index (χ4v) is 2.44. The van der Waals surface area contributed by atoms with E-state index in [1.54, 1.807) is 18.2 Å². The molecule has 4 heteroatoms. The Morgan fingerprint density at radius 2 is 1.48 bits per heavy atom. The minimum absolute atomic E-state index is 0.00581. The molecule has 0 spiro atoms. The standard InChI is InChI=1S/C21H25F2NO/c22-21(23,20-13-7-4-8-14-20)18-25-16-10-2-1-9-15-24-17-19-11-5-3-6-12-19/h3-8,11-14,17H,1-2,9-10,15-16,18H2/b24-17-. The third-order valence-corrected chi connectivity index (χ3v) is 3.85. The van der Waals surface area contributed by atoms with E-state index in [0.717, 1.165) is 37.8 Å². The molecule has 0 unspecified atom stereocenters. The molecule has 0 fully saturated rings. The van der Waals surface area contributed by atoms with E-state index in [2.05, 4.69) is 4.99 Å². The highest BCUT2D eigenvalue weighted by Crippen LogP contribution is 2.27. The Morgan fingerprint density at radius 3 is 2.20 bits per heavy atom. The number of ether oxygens (including phenoxy) is 1. The van der Waals surface area contributed by atoms with Crippen molar-refractivity contribution in [3.8, 4) is 0 Å². The predicted octanol–water partition coefficient (Wildman–Crippen LogP) is 5.47. The summed E-state index contributed by atoms with van der Waals surface area (Å²) in [7, 11) is 0. The molecular weight excluding hydrogens is 320 g/mol. The van der Waals surface area contributed by atoms with E-state index in [-0.39, 0.29) is 5.56 Å². The second-order valence-electron chi connectivity index (χ2n) is 5.98. The number of rotatable bonds is 11. The molecule has 0 heterocycles. The maximum Gasteiger partial charge on any atom is 0.296 e. The highest BCUT2D eigenvalue weighted by Gasteiger charge is 2.31. The van der Waals surface area contributed by atoms with Crippen LogP contribution in [-0.4, -0.2) is 26.0 Å². The summed E-state index contributed by atoms with van der Waals surface area (Å²) in [6, 6.07) is 17.8. The minimum Gasteiger partial charge on any atom is -0.375 e. The van der Waals surface area contributed by atoms with Gasteiger partial charge < -0.3 is 4.74 Å². The molecule has 2 rings (SSSR count). The van der Waals surface area contributed by atoms with Crippen LogP contribution in [0.1, 0.15) is 36.8 Å². The van der Waals surface area contributed by atoms with Gasteiger partial charge in [-0.05, 0) is 18.4 Å².